The Morgan fingerprint density at radius 3 is 2.89 bits per heavy atom. The van der Waals surface area contributed by atoms with Crippen molar-refractivity contribution in [3.05, 3.63) is 29.3 Å². The number of nitrogens with one attached hydrogen (secondary N) is 1. The van der Waals surface area contributed by atoms with E-state index in [2.05, 4.69) is 25.2 Å². The molecule has 1 aromatic rings. The van der Waals surface area contributed by atoms with E-state index in [1.807, 2.05) is 12.1 Å². The van der Waals surface area contributed by atoms with Crippen LogP contribution in [0.4, 0.5) is 0 Å². The standard InChI is InChI=1S/C16H23NO/c1-16(2)9-12(16)10-17-15-5-3-4-11-6-7-13(18)8-14(11)15/h6-8,12,15,17-18H,3-5,9-10H2,1-2H3. The first-order valence-corrected chi connectivity index (χ1v) is 7.11. The van der Waals surface area contributed by atoms with E-state index in [1.54, 1.807) is 0 Å². The molecule has 18 heavy (non-hydrogen) atoms. The quantitative estimate of drug-likeness (QED) is 0.855. The summed E-state index contributed by atoms with van der Waals surface area (Å²) in [6.07, 6.45) is 4.95. The Kier molecular flexibility index (Phi) is 2.86. The molecule has 0 amide bonds. The zero-order valence-electron chi connectivity index (χ0n) is 11.4. The molecule has 2 aliphatic rings. The molecule has 0 aliphatic heterocycles. The van der Waals surface area contributed by atoms with Crippen LogP contribution in [0.2, 0.25) is 0 Å². The van der Waals surface area contributed by atoms with Crippen molar-refractivity contribution in [2.75, 3.05) is 6.54 Å². The van der Waals surface area contributed by atoms with Gasteiger partial charge >= 0.3 is 0 Å². The first kappa shape index (κ1) is 12.0. The van der Waals surface area contributed by atoms with Crippen LogP contribution in [0.15, 0.2) is 18.2 Å². The van der Waals surface area contributed by atoms with E-state index >= 15 is 0 Å². The van der Waals surface area contributed by atoms with Crippen LogP contribution in [0, 0.1) is 11.3 Å². The minimum atomic E-state index is 0.397. The molecule has 1 fully saturated rings. The fourth-order valence-electron chi connectivity index (χ4n) is 3.21. The van der Waals surface area contributed by atoms with Gasteiger partial charge in [-0.3, -0.25) is 0 Å². The van der Waals surface area contributed by atoms with E-state index in [9.17, 15) is 5.11 Å². The second kappa shape index (κ2) is 4.27. The highest BCUT2D eigenvalue weighted by molar-refractivity contribution is 5.38. The predicted molar refractivity (Wildman–Crippen MR) is 73.7 cm³/mol. The highest BCUT2D eigenvalue weighted by Gasteiger charge is 2.45. The summed E-state index contributed by atoms with van der Waals surface area (Å²) in [4.78, 5) is 0. The van der Waals surface area contributed by atoms with E-state index in [0.717, 1.165) is 18.9 Å². The third-order valence-electron chi connectivity index (χ3n) is 4.77. The highest BCUT2D eigenvalue weighted by atomic mass is 16.3. The molecular weight excluding hydrogens is 222 g/mol. The van der Waals surface area contributed by atoms with Gasteiger partial charge in [0.05, 0.1) is 0 Å². The third kappa shape index (κ3) is 2.26. The Morgan fingerprint density at radius 2 is 2.17 bits per heavy atom. The van der Waals surface area contributed by atoms with Gasteiger partial charge in [0, 0.05) is 6.04 Å². The molecule has 2 heteroatoms. The summed E-state index contributed by atoms with van der Waals surface area (Å²) in [5, 5.41) is 13.4. The second-order valence-electron chi connectivity index (χ2n) is 6.63. The Morgan fingerprint density at radius 1 is 1.39 bits per heavy atom. The van der Waals surface area contributed by atoms with Gasteiger partial charge in [0.25, 0.3) is 0 Å². The second-order valence-corrected chi connectivity index (χ2v) is 6.63. The van der Waals surface area contributed by atoms with Crippen LogP contribution < -0.4 is 5.32 Å². The molecule has 3 rings (SSSR count). The van der Waals surface area contributed by atoms with E-state index in [4.69, 9.17) is 0 Å². The average Bonchev–Trinajstić information content (AvgIpc) is 2.94. The van der Waals surface area contributed by atoms with Gasteiger partial charge < -0.3 is 10.4 Å². The van der Waals surface area contributed by atoms with Crippen LogP contribution >= 0.6 is 0 Å². The zero-order valence-corrected chi connectivity index (χ0v) is 11.4. The molecular formula is C16H23NO. The summed E-state index contributed by atoms with van der Waals surface area (Å²) in [6, 6.07) is 6.28. The summed E-state index contributed by atoms with van der Waals surface area (Å²) < 4.78 is 0. The lowest BCUT2D eigenvalue weighted by atomic mass is 9.87. The Bertz CT molecular complexity index is 452. The summed E-state index contributed by atoms with van der Waals surface area (Å²) in [5.41, 5.74) is 3.27. The van der Waals surface area contributed by atoms with Gasteiger partial charge in [-0.2, -0.15) is 0 Å². The molecule has 1 aromatic carbocycles. The molecule has 0 spiro atoms. The molecule has 1 saturated carbocycles. The molecule has 0 radical (unpaired) electrons. The lowest BCUT2D eigenvalue weighted by Gasteiger charge is -2.27. The normalized spacial score (nSPS) is 28.8. The van der Waals surface area contributed by atoms with Crippen molar-refractivity contribution < 1.29 is 5.11 Å². The number of aromatic hydroxyl groups is 1. The molecule has 2 atom stereocenters. The van der Waals surface area contributed by atoms with Gasteiger partial charge in [-0.25, -0.2) is 0 Å². The maximum Gasteiger partial charge on any atom is 0.115 e. The van der Waals surface area contributed by atoms with Crippen LogP contribution in [-0.4, -0.2) is 11.7 Å². The predicted octanol–water partition coefficient (Wildman–Crippen LogP) is 3.41. The van der Waals surface area contributed by atoms with Crippen LogP contribution in [0.25, 0.3) is 0 Å². The minimum absolute atomic E-state index is 0.397. The molecule has 2 aliphatic carbocycles. The fraction of sp³-hybridized carbons (Fsp3) is 0.625. The summed E-state index contributed by atoms with van der Waals surface area (Å²) in [6.45, 7) is 5.81. The average molecular weight is 245 g/mol. The third-order valence-corrected chi connectivity index (χ3v) is 4.77. The van der Waals surface area contributed by atoms with Gasteiger partial charge in [0.2, 0.25) is 0 Å². The molecule has 0 bridgehead atoms. The van der Waals surface area contributed by atoms with Gasteiger partial charge in [-0.05, 0) is 66.8 Å². The van der Waals surface area contributed by atoms with Crippen LogP contribution in [0.3, 0.4) is 0 Å². The summed E-state index contributed by atoms with van der Waals surface area (Å²) in [5.74, 6) is 1.23. The molecule has 98 valence electrons. The van der Waals surface area contributed by atoms with Crippen LogP contribution in [0.1, 0.15) is 50.3 Å². The van der Waals surface area contributed by atoms with Crippen molar-refractivity contribution in [3.63, 3.8) is 0 Å². The molecule has 2 nitrogen and oxygen atoms in total. The number of phenols is 1. The van der Waals surface area contributed by atoms with Gasteiger partial charge in [0.1, 0.15) is 5.75 Å². The lowest BCUT2D eigenvalue weighted by molar-refractivity contribution is 0.422. The monoisotopic (exact) mass is 245 g/mol. The maximum absolute atomic E-state index is 9.65. The minimum Gasteiger partial charge on any atom is -0.508 e. The number of aryl methyl sites for hydroxylation is 1. The van der Waals surface area contributed by atoms with E-state index < -0.39 is 0 Å². The van der Waals surface area contributed by atoms with Crippen molar-refractivity contribution in [2.24, 2.45) is 11.3 Å². The fourth-order valence-corrected chi connectivity index (χ4v) is 3.21. The molecule has 0 aromatic heterocycles. The topological polar surface area (TPSA) is 32.3 Å². The Hall–Kier alpha value is -1.02. The maximum atomic E-state index is 9.65. The first-order chi connectivity index (χ1) is 8.56. The number of hydrogen-bond donors (Lipinski definition) is 2. The molecule has 0 heterocycles. The number of rotatable bonds is 3. The number of fused-ring (bicyclic) bond motifs is 1. The van der Waals surface area contributed by atoms with E-state index in [1.165, 1.54) is 30.4 Å². The molecule has 0 saturated heterocycles. The number of benzene rings is 1. The first-order valence-electron chi connectivity index (χ1n) is 7.11. The summed E-state index contributed by atoms with van der Waals surface area (Å²) >= 11 is 0. The Labute approximate surface area is 109 Å². The Balaban J connectivity index is 1.69. The zero-order chi connectivity index (χ0) is 12.8. The number of hydrogen-bond acceptors (Lipinski definition) is 2. The van der Waals surface area contributed by atoms with Gasteiger partial charge in [-0.15, -0.1) is 0 Å². The van der Waals surface area contributed by atoms with Crippen LogP contribution in [0.5, 0.6) is 5.75 Å². The smallest absolute Gasteiger partial charge is 0.115 e. The largest absolute Gasteiger partial charge is 0.508 e. The van der Waals surface area contributed by atoms with Crippen molar-refractivity contribution in [1.82, 2.24) is 5.32 Å². The van der Waals surface area contributed by atoms with Crippen molar-refractivity contribution in [1.29, 1.82) is 0 Å². The van der Waals surface area contributed by atoms with Crippen molar-refractivity contribution in [2.45, 2.75) is 45.6 Å². The van der Waals surface area contributed by atoms with Crippen molar-refractivity contribution in [3.8, 4) is 5.75 Å². The van der Waals surface area contributed by atoms with E-state index in [-0.39, 0.29) is 0 Å². The van der Waals surface area contributed by atoms with Gasteiger partial charge in [0.15, 0.2) is 0 Å². The number of phenolic OH excluding ortho intramolecular Hbond substituents is 1. The lowest BCUT2D eigenvalue weighted by Crippen LogP contribution is -2.27. The highest BCUT2D eigenvalue weighted by Crippen LogP contribution is 2.51. The van der Waals surface area contributed by atoms with Crippen molar-refractivity contribution >= 4 is 0 Å². The van der Waals surface area contributed by atoms with Crippen LogP contribution in [-0.2, 0) is 6.42 Å². The molecule has 2 N–H and O–H groups in total. The van der Waals surface area contributed by atoms with E-state index in [0.29, 0.717) is 17.2 Å². The molecule has 2 unspecified atom stereocenters. The SMILES string of the molecule is CC1(C)CC1CNC1CCCc2ccc(O)cc21. The summed E-state index contributed by atoms with van der Waals surface area (Å²) in [7, 11) is 0. The van der Waals surface area contributed by atoms with Gasteiger partial charge in [-0.1, -0.05) is 19.9 Å².